The molecule has 0 aliphatic carbocycles. The van der Waals surface area contributed by atoms with Crippen molar-refractivity contribution in [3.8, 4) is 0 Å². The number of halogens is 4. The highest BCUT2D eigenvalue weighted by Crippen LogP contribution is 2.25. The van der Waals surface area contributed by atoms with Crippen molar-refractivity contribution < 1.29 is 8.78 Å². The standard InChI is InChI=1S/C14H11BrF2IN/c15-11-5-6-12(16)10(14(11)17)7-13(19)8-1-3-9(18)4-2-8/h1-6,13H,7,19H2. The number of hydrogen-bond donors (Lipinski definition) is 1. The van der Waals surface area contributed by atoms with E-state index >= 15 is 0 Å². The molecule has 0 heterocycles. The van der Waals surface area contributed by atoms with Crippen molar-refractivity contribution in [3.63, 3.8) is 0 Å². The van der Waals surface area contributed by atoms with Gasteiger partial charge in [-0.1, -0.05) is 12.1 Å². The van der Waals surface area contributed by atoms with E-state index in [9.17, 15) is 8.78 Å². The molecule has 0 aliphatic rings. The molecular formula is C14H11BrF2IN. The van der Waals surface area contributed by atoms with E-state index in [0.717, 1.165) is 9.13 Å². The van der Waals surface area contributed by atoms with Crippen molar-refractivity contribution in [3.05, 3.63) is 67.2 Å². The van der Waals surface area contributed by atoms with Crippen LogP contribution in [-0.2, 0) is 6.42 Å². The summed E-state index contributed by atoms with van der Waals surface area (Å²) < 4.78 is 28.9. The molecule has 0 aliphatic heterocycles. The molecular weight excluding hydrogens is 427 g/mol. The summed E-state index contributed by atoms with van der Waals surface area (Å²) >= 11 is 5.24. The van der Waals surface area contributed by atoms with Crippen LogP contribution in [0.3, 0.4) is 0 Å². The maximum atomic E-state index is 13.9. The highest BCUT2D eigenvalue weighted by molar-refractivity contribution is 14.1. The van der Waals surface area contributed by atoms with Gasteiger partial charge < -0.3 is 5.73 Å². The van der Waals surface area contributed by atoms with Crippen LogP contribution in [0.2, 0.25) is 0 Å². The van der Waals surface area contributed by atoms with E-state index < -0.39 is 17.7 Å². The van der Waals surface area contributed by atoms with Crippen LogP contribution < -0.4 is 5.73 Å². The SMILES string of the molecule is NC(Cc1c(F)ccc(Br)c1F)c1ccc(I)cc1. The minimum absolute atomic E-state index is 0.0143. The maximum Gasteiger partial charge on any atom is 0.143 e. The molecule has 1 nitrogen and oxygen atoms in total. The second kappa shape index (κ2) is 6.28. The zero-order valence-corrected chi connectivity index (χ0v) is 13.6. The van der Waals surface area contributed by atoms with Crippen LogP contribution in [0.15, 0.2) is 40.9 Å². The van der Waals surface area contributed by atoms with Gasteiger partial charge in [-0.25, -0.2) is 8.78 Å². The van der Waals surface area contributed by atoms with Crippen molar-refractivity contribution in [2.45, 2.75) is 12.5 Å². The molecule has 0 bridgehead atoms. The van der Waals surface area contributed by atoms with Crippen LogP contribution in [0, 0.1) is 15.2 Å². The fourth-order valence-electron chi connectivity index (χ4n) is 1.80. The first-order valence-corrected chi connectivity index (χ1v) is 7.49. The summed E-state index contributed by atoms with van der Waals surface area (Å²) in [6.45, 7) is 0. The van der Waals surface area contributed by atoms with Gasteiger partial charge in [0.1, 0.15) is 11.6 Å². The topological polar surface area (TPSA) is 26.0 Å². The molecule has 19 heavy (non-hydrogen) atoms. The molecule has 100 valence electrons. The Labute approximate surface area is 132 Å². The summed E-state index contributed by atoms with van der Waals surface area (Å²) in [5.74, 6) is -1.15. The van der Waals surface area contributed by atoms with E-state index in [1.54, 1.807) is 0 Å². The zero-order chi connectivity index (χ0) is 14.0. The zero-order valence-electron chi connectivity index (χ0n) is 9.84. The van der Waals surface area contributed by atoms with E-state index in [1.807, 2.05) is 24.3 Å². The van der Waals surface area contributed by atoms with Gasteiger partial charge in [-0.15, -0.1) is 0 Å². The van der Waals surface area contributed by atoms with Crippen molar-refractivity contribution in [2.75, 3.05) is 0 Å². The van der Waals surface area contributed by atoms with Crippen molar-refractivity contribution in [2.24, 2.45) is 5.73 Å². The minimum atomic E-state index is -0.582. The number of nitrogens with two attached hydrogens (primary N) is 1. The monoisotopic (exact) mass is 437 g/mol. The molecule has 1 unspecified atom stereocenters. The lowest BCUT2D eigenvalue weighted by Gasteiger charge is -2.14. The summed E-state index contributed by atoms with van der Waals surface area (Å²) in [6, 6.07) is 9.75. The highest BCUT2D eigenvalue weighted by Gasteiger charge is 2.16. The number of benzene rings is 2. The molecule has 2 aromatic carbocycles. The average Bonchev–Trinajstić information content (AvgIpc) is 2.40. The smallest absolute Gasteiger partial charge is 0.143 e. The molecule has 0 spiro atoms. The van der Waals surface area contributed by atoms with Crippen LogP contribution in [0.5, 0.6) is 0 Å². The third kappa shape index (κ3) is 3.52. The molecule has 0 fully saturated rings. The van der Waals surface area contributed by atoms with E-state index in [0.29, 0.717) is 0 Å². The van der Waals surface area contributed by atoms with Gasteiger partial charge in [0.15, 0.2) is 0 Å². The lowest BCUT2D eigenvalue weighted by molar-refractivity contribution is 0.536. The van der Waals surface area contributed by atoms with Crippen LogP contribution >= 0.6 is 38.5 Å². The summed E-state index contributed by atoms with van der Waals surface area (Å²) in [4.78, 5) is 0. The minimum Gasteiger partial charge on any atom is -0.324 e. The molecule has 0 radical (unpaired) electrons. The van der Waals surface area contributed by atoms with Crippen LogP contribution in [0.1, 0.15) is 17.2 Å². The summed E-state index contributed by atoms with van der Waals surface area (Å²) in [5.41, 5.74) is 6.89. The van der Waals surface area contributed by atoms with E-state index in [2.05, 4.69) is 38.5 Å². The molecule has 5 heteroatoms. The Balaban J connectivity index is 2.26. The second-order valence-electron chi connectivity index (χ2n) is 4.18. The van der Waals surface area contributed by atoms with E-state index in [4.69, 9.17) is 5.73 Å². The fourth-order valence-corrected chi connectivity index (χ4v) is 2.53. The lowest BCUT2D eigenvalue weighted by atomic mass is 9.99. The van der Waals surface area contributed by atoms with Crippen LogP contribution in [-0.4, -0.2) is 0 Å². The van der Waals surface area contributed by atoms with Crippen LogP contribution in [0.25, 0.3) is 0 Å². The van der Waals surface area contributed by atoms with Gasteiger partial charge in [-0.3, -0.25) is 0 Å². The second-order valence-corrected chi connectivity index (χ2v) is 6.28. The van der Waals surface area contributed by atoms with Crippen molar-refractivity contribution in [1.82, 2.24) is 0 Å². The van der Waals surface area contributed by atoms with Gasteiger partial charge >= 0.3 is 0 Å². The molecule has 1 atom stereocenters. The van der Waals surface area contributed by atoms with Gasteiger partial charge in [-0.2, -0.15) is 0 Å². The Hall–Kier alpha value is -0.530. The average molecular weight is 438 g/mol. The Bertz CT molecular complexity index is 587. The fraction of sp³-hybridized carbons (Fsp3) is 0.143. The normalized spacial score (nSPS) is 12.5. The predicted octanol–water partition coefficient (Wildman–Crippen LogP) is 4.57. The van der Waals surface area contributed by atoms with Gasteiger partial charge in [0, 0.05) is 15.2 Å². The predicted molar refractivity (Wildman–Crippen MR) is 83.8 cm³/mol. The molecule has 0 amide bonds. The molecule has 0 aromatic heterocycles. The third-order valence-corrected chi connectivity index (χ3v) is 4.19. The summed E-state index contributed by atoms with van der Waals surface area (Å²) in [5, 5.41) is 0. The molecule has 0 saturated heterocycles. The van der Waals surface area contributed by atoms with Gasteiger partial charge in [0.05, 0.1) is 4.47 Å². The summed E-state index contributed by atoms with van der Waals surface area (Å²) in [7, 11) is 0. The quantitative estimate of drug-likeness (QED) is 0.552. The molecule has 2 N–H and O–H groups in total. The number of hydrogen-bond acceptors (Lipinski definition) is 1. The Morgan fingerprint density at radius 3 is 2.37 bits per heavy atom. The number of rotatable bonds is 3. The van der Waals surface area contributed by atoms with E-state index in [-0.39, 0.29) is 16.5 Å². The summed E-state index contributed by atoms with van der Waals surface area (Å²) in [6.07, 6.45) is 0.123. The van der Waals surface area contributed by atoms with Gasteiger partial charge in [0.2, 0.25) is 0 Å². The molecule has 2 rings (SSSR count). The Morgan fingerprint density at radius 1 is 1.11 bits per heavy atom. The Kier molecular flexibility index (Phi) is 4.92. The first-order chi connectivity index (χ1) is 8.99. The van der Waals surface area contributed by atoms with Crippen LogP contribution in [0.4, 0.5) is 8.78 Å². The largest absolute Gasteiger partial charge is 0.324 e. The first kappa shape index (κ1) is 14.9. The first-order valence-electron chi connectivity index (χ1n) is 5.62. The maximum absolute atomic E-state index is 13.9. The van der Waals surface area contributed by atoms with Crippen molar-refractivity contribution in [1.29, 1.82) is 0 Å². The molecule has 2 aromatic rings. The third-order valence-electron chi connectivity index (χ3n) is 2.86. The lowest BCUT2D eigenvalue weighted by Crippen LogP contribution is -2.15. The highest BCUT2D eigenvalue weighted by atomic mass is 127. The Morgan fingerprint density at radius 2 is 1.74 bits per heavy atom. The van der Waals surface area contributed by atoms with Crippen molar-refractivity contribution >= 4 is 38.5 Å². The van der Waals surface area contributed by atoms with E-state index in [1.165, 1.54) is 12.1 Å². The molecule has 0 saturated carbocycles. The van der Waals surface area contributed by atoms with Gasteiger partial charge in [-0.05, 0) is 74.8 Å². The van der Waals surface area contributed by atoms with Gasteiger partial charge in [0.25, 0.3) is 0 Å².